The Hall–Kier alpha value is -2.31. The first kappa shape index (κ1) is 14.1. The van der Waals surface area contributed by atoms with Gasteiger partial charge in [-0.05, 0) is 12.1 Å². The third-order valence-electron chi connectivity index (χ3n) is 2.78. The number of rotatable bonds is 6. The number of nitrogens with one attached hydrogen (secondary N) is 1. The second-order valence-corrected chi connectivity index (χ2v) is 4.09. The van der Waals surface area contributed by atoms with Crippen molar-refractivity contribution in [1.82, 2.24) is 9.55 Å². The van der Waals surface area contributed by atoms with Crippen molar-refractivity contribution in [2.24, 2.45) is 7.05 Å². The molecule has 0 spiro atoms. The first-order valence-electron chi connectivity index (χ1n) is 5.92. The highest BCUT2D eigenvalue weighted by Gasteiger charge is 2.11. The van der Waals surface area contributed by atoms with Crippen LogP contribution in [0.2, 0.25) is 0 Å². The van der Waals surface area contributed by atoms with Crippen molar-refractivity contribution in [1.29, 1.82) is 0 Å². The molecule has 20 heavy (non-hydrogen) atoms. The Morgan fingerprint density at radius 3 is 2.80 bits per heavy atom. The van der Waals surface area contributed by atoms with Gasteiger partial charge >= 0.3 is 6.61 Å². The molecule has 0 aliphatic rings. The fourth-order valence-electron chi connectivity index (χ4n) is 1.71. The molecule has 0 radical (unpaired) electrons. The molecule has 2 rings (SSSR count). The minimum absolute atomic E-state index is 0.0722. The zero-order chi connectivity index (χ0) is 14.5. The Labute approximate surface area is 115 Å². The van der Waals surface area contributed by atoms with Gasteiger partial charge in [0, 0.05) is 19.3 Å². The van der Waals surface area contributed by atoms with Gasteiger partial charge in [-0.2, -0.15) is 8.78 Å². The predicted molar refractivity (Wildman–Crippen MR) is 70.2 cm³/mol. The van der Waals surface area contributed by atoms with Crippen LogP contribution in [0.4, 0.5) is 14.5 Å². The van der Waals surface area contributed by atoms with Gasteiger partial charge < -0.3 is 19.4 Å². The van der Waals surface area contributed by atoms with Crippen LogP contribution >= 0.6 is 0 Å². The summed E-state index contributed by atoms with van der Waals surface area (Å²) in [5.41, 5.74) is 1.35. The summed E-state index contributed by atoms with van der Waals surface area (Å²) in [5.74, 6) is 0.627. The van der Waals surface area contributed by atoms with E-state index in [9.17, 15) is 8.78 Å². The fraction of sp³-hybridized carbons (Fsp3) is 0.308. The summed E-state index contributed by atoms with van der Waals surface area (Å²) >= 11 is 0. The molecule has 0 aliphatic carbocycles. The first-order chi connectivity index (χ1) is 9.60. The van der Waals surface area contributed by atoms with Gasteiger partial charge in [-0.1, -0.05) is 0 Å². The molecule has 0 bridgehead atoms. The summed E-state index contributed by atoms with van der Waals surface area (Å²) in [6.07, 6.45) is 3.36. The molecule has 1 aromatic carbocycles. The number of hydrogen-bond donors (Lipinski definition) is 1. The van der Waals surface area contributed by atoms with Crippen LogP contribution in [0.25, 0.3) is 0 Å². The molecular weight excluding hydrogens is 268 g/mol. The zero-order valence-electron chi connectivity index (χ0n) is 11.1. The smallest absolute Gasteiger partial charge is 0.387 e. The van der Waals surface area contributed by atoms with E-state index >= 15 is 0 Å². The fourth-order valence-corrected chi connectivity index (χ4v) is 1.71. The Bertz CT molecular complexity index is 572. The van der Waals surface area contributed by atoms with Gasteiger partial charge in [0.15, 0.2) is 0 Å². The number of aromatic nitrogens is 2. The van der Waals surface area contributed by atoms with E-state index in [0.717, 1.165) is 5.69 Å². The van der Waals surface area contributed by atoms with Crippen molar-refractivity contribution in [2.75, 3.05) is 12.4 Å². The van der Waals surface area contributed by atoms with Crippen molar-refractivity contribution < 1.29 is 18.3 Å². The van der Waals surface area contributed by atoms with Crippen LogP contribution < -0.4 is 14.8 Å². The number of methoxy groups -OCH3 is 1. The van der Waals surface area contributed by atoms with Gasteiger partial charge in [0.25, 0.3) is 0 Å². The van der Waals surface area contributed by atoms with Crippen molar-refractivity contribution >= 4 is 5.69 Å². The third-order valence-corrected chi connectivity index (χ3v) is 2.78. The zero-order valence-corrected chi connectivity index (χ0v) is 11.1. The van der Waals surface area contributed by atoms with E-state index < -0.39 is 6.61 Å². The van der Waals surface area contributed by atoms with Crippen molar-refractivity contribution in [3.8, 4) is 11.5 Å². The number of hydrogen-bond acceptors (Lipinski definition) is 4. The number of aryl methyl sites for hydroxylation is 1. The second-order valence-electron chi connectivity index (χ2n) is 4.09. The molecule has 0 saturated heterocycles. The standard InChI is InChI=1S/C13H15F2N3O2/c1-18-8-16-6-9(18)7-17-11-5-10(19-2)3-4-12(11)20-13(14)15/h3-6,8,13,17H,7H2,1-2H3. The molecule has 0 unspecified atom stereocenters. The quantitative estimate of drug-likeness (QED) is 0.885. The lowest BCUT2D eigenvalue weighted by Gasteiger charge is -2.14. The number of benzene rings is 1. The topological polar surface area (TPSA) is 48.3 Å². The first-order valence-corrected chi connectivity index (χ1v) is 5.92. The maximum absolute atomic E-state index is 12.4. The normalized spacial score (nSPS) is 10.7. The third kappa shape index (κ3) is 3.37. The summed E-state index contributed by atoms with van der Waals surface area (Å²) in [7, 11) is 3.36. The number of halogens is 2. The molecule has 0 saturated carbocycles. The van der Waals surface area contributed by atoms with Crippen LogP contribution in [-0.2, 0) is 13.6 Å². The van der Waals surface area contributed by atoms with Crippen LogP contribution in [0.1, 0.15) is 5.69 Å². The summed E-state index contributed by atoms with van der Waals surface area (Å²) < 4.78 is 36.1. The number of imidazole rings is 1. The van der Waals surface area contributed by atoms with E-state index in [0.29, 0.717) is 18.0 Å². The van der Waals surface area contributed by atoms with Gasteiger partial charge in [0.2, 0.25) is 0 Å². The summed E-state index contributed by atoms with van der Waals surface area (Å²) in [5, 5.41) is 3.04. The summed E-state index contributed by atoms with van der Waals surface area (Å²) in [6, 6.07) is 4.61. The van der Waals surface area contributed by atoms with Crippen LogP contribution in [0, 0.1) is 0 Å². The minimum atomic E-state index is -2.87. The van der Waals surface area contributed by atoms with E-state index in [2.05, 4.69) is 15.0 Å². The summed E-state index contributed by atoms with van der Waals surface area (Å²) in [4.78, 5) is 3.99. The lowest BCUT2D eigenvalue weighted by Crippen LogP contribution is -2.08. The number of ether oxygens (including phenoxy) is 2. The summed E-state index contributed by atoms with van der Waals surface area (Å²) in [6.45, 7) is -2.44. The van der Waals surface area contributed by atoms with Crippen molar-refractivity contribution in [3.05, 3.63) is 36.4 Å². The van der Waals surface area contributed by atoms with Crippen molar-refractivity contribution in [2.45, 2.75) is 13.2 Å². The molecule has 1 heterocycles. The van der Waals surface area contributed by atoms with Crippen LogP contribution in [0.5, 0.6) is 11.5 Å². The van der Waals surface area contributed by atoms with Gasteiger partial charge in [-0.15, -0.1) is 0 Å². The Kier molecular flexibility index (Phi) is 4.39. The molecule has 1 aromatic heterocycles. The SMILES string of the molecule is COc1ccc(OC(F)F)c(NCc2cncn2C)c1. The lowest BCUT2D eigenvalue weighted by molar-refractivity contribution is -0.0494. The number of anilines is 1. The molecule has 7 heteroatoms. The van der Waals surface area contributed by atoms with E-state index in [4.69, 9.17) is 4.74 Å². The van der Waals surface area contributed by atoms with Crippen molar-refractivity contribution in [3.63, 3.8) is 0 Å². The van der Waals surface area contributed by atoms with Crippen LogP contribution in [-0.4, -0.2) is 23.3 Å². The van der Waals surface area contributed by atoms with Crippen LogP contribution in [0.15, 0.2) is 30.7 Å². The lowest BCUT2D eigenvalue weighted by atomic mass is 10.2. The van der Waals surface area contributed by atoms with E-state index in [1.165, 1.54) is 13.2 Å². The molecule has 1 N–H and O–H groups in total. The maximum atomic E-state index is 12.4. The maximum Gasteiger partial charge on any atom is 0.387 e. The molecule has 0 atom stereocenters. The second kappa shape index (κ2) is 6.23. The van der Waals surface area contributed by atoms with Gasteiger partial charge in [-0.3, -0.25) is 0 Å². The molecule has 0 aliphatic heterocycles. The largest absolute Gasteiger partial charge is 0.497 e. The molecule has 108 valence electrons. The highest BCUT2D eigenvalue weighted by atomic mass is 19.3. The van der Waals surface area contributed by atoms with Gasteiger partial charge in [-0.25, -0.2) is 4.98 Å². The van der Waals surface area contributed by atoms with Crippen LogP contribution in [0.3, 0.4) is 0 Å². The molecular formula is C13H15F2N3O2. The minimum Gasteiger partial charge on any atom is -0.497 e. The van der Waals surface area contributed by atoms with Gasteiger partial charge in [0.05, 0.1) is 31.4 Å². The highest BCUT2D eigenvalue weighted by Crippen LogP contribution is 2.30. The molecule has 5 nitrogen and oxygen atoms in total. The van der Waals surface area contributed by atoms with E-state index in [1.54, 1.807) is 24.7 Å². The molecule has 0 fully saturated rings. The average molecular weight is 283 g/mol. The highest BCUT2D eigenvalue weighted by molar-refractivity contribution is 5.59. The average Bonchev–Trinajstić information content (AvgIpc) is 2.82. The number of alkyl halides is 2. The van der Waals surface area contributed by atoms with Gasteiger partial charge in [0.1, 0.15) is 11.5 Å². The Morgan fingerprint density at radius 2 is 2.20 bits per heavy atom. The van der Waals surface area contributed by atoms with E-state index in [1.807, 2.05) is 11.6 Å². The Morgan fingerprint density at radius 1 is 1.40 bits per heavy atom. The monoisotopic (exact) mass is 283 g/mol. The number of nitrogens with zero attached hydrogens (tertiary/aromatic N) is 2. The molecule has 0 amide bonds. The predicted octanol–water partition coefficient (Wildman–Crippen LogP) is 2.64. The van der Waals surface area contributed by atoms with E-state index in [-0.39, 0.29) is 5.75 Å². The Balaban J connectivity index is 2.17. The molecule has 2 aromatic rings.